The van der Waals surface area contributed by atoms with Crippen LogP contribution in [0.4, 0.5) is 0 Å². The Morgan fingerprint density at radius 1 is 1.33 bits per heavy atom. The first-order valence-electron chi connectivity index (χ1n) is 4.05. The first kappa shape index (κ1) is 4.54. The summed E-state index contributed by atoms with van der Waals surface area (Å²) >= 11 is 0. The van der Waals surface area contributed by atoms with Crippen LogP contribution in [-0.4, -0.2) is 0 Å². The molecule has 0 saturated heterocycles. The third kappa shape index (κ3) is 0.270. The lowest BCUT2D eigenvalue weighted by Gasteiger charge is -2.22. The van der Waals surface area contributed by atoms with Crippen LogP contribution in [0.1, 0.15) is 19.3 Å². The van der Waals surface area contributed by atoms with E-state index in [-0.39, 0.29) is 0 Å². The summed E-state index contributed by atoms with van der Waals surface area (Å²) in [6, 6.07) is 0. The minimum atomic E-state index is 0.734. The summed E-state index contributed by atoms with van der Waals surface area (Å²) in [6.45, 7) is 3.92. The smallest absolute Gasteiger partial charge is 0.00242 e. The molecule has 0 aromatic heterocycles. The van der Waals surface area contributed by atoms with E-state index in [9.17, 15) is 0 Å². The molecular weight excluding hydrogens is 108 g/mol. The van der Waals surface area contributed by atoms with Gasteiger partial charge in [-0.15, -0.1) is 6.58 Å². The third-order valence-corrected chi connectivity index (χ3v) is 3.89. The Morgan fingerprint density at radius 3 is 2.33 bits per heavy atom. The molecule has 4 atom stereocenters. The zero-order chi connectivity index (χ0) is 6.06. The van der Waals surface area contributed by atoms with E-state index in [0.717, 1.165) is 23.2 Å². The Morgan fingerprint density at radius 2 is 2.00 bits per heavy atom. The Balaban J connectivity index is 1.96. The maximum atomic E-state index is 3.92. The molecule has 0 aromatic rings. The van der Waals surface area contributed by atoms with Crippen molar-refractivity contribution in [3.8, 4) is 0 Å². The van der Waals surface area contributed by atoms with Gasteiger partial charge in [0.25, 0.3) is 0 Å². The van der Waals surface area contributed by atoms with Crippen LogP contribution in [0.5, 0.6) is 0 Å². The van der Waals surface area contributed by atoms with Gasteiger partial charge in [-0.05, 0) is 36.0 Å². The average molecular weight is 120 g/mol. The van der Waals surface area contributed by atoms with E-state index in [0.29, 0.717) is 0 Å². The lowest BCUT2D eigenvalue weighted by Crippen LogP contribution is -2.13. The largest absolute Gasteiger partial charge is 0.102 e. The molecule has 0 aliphatic heterocycles. The fraction of sp³-hybridized carbons (Fsp3) is 0.778. The molecule has 0 bridgehead atoms. The van der Waals surface area contributed by atoms with Crippen molar-refractivity contribution in [2.45, 2.75) is 19.3 Å². The summed E-state index contributed by atoms with van der Waals surface area (Å²) in [7, 11) is 0. The SMILES string of the molecule is C=CC12C3[C@H]1CCC[C@@H]32. The molecule has 0 radical (unpaired) electrons. The van der Waals surface area contributed by atoms with Crippen molar-refractivity contribution < 1.29 is 0 Å². The van der Waals surface area contributed by atoms with E-state index in [1.165, 1.54) is 19.3 Å². The van der Waals surface area contributed by atoms with Crippen LogP contribution in [0.15, 0.2) is 12.7 Å². The van der Waals surface area contributed by atoms with Crippen molar-refractivity contribution in [3.63, 3.8) is 0 Å². The van der Waals surface area contributed by atoms with Gasteiger partial charge >= 0.3 is 0 Å². The normalized spacial score (nSPS) is 66.4. The summed E-state index contributed by atoms with van der Waals surface area (Å²) < 4.78 is 0. The van der Waals surface area contributed by atoms with Crippen molar-refractivity contribution in [1.82, 2.24) is 0 Å². The second-order valence-electron chi connectivity index (χ2n) is 3.87. The molecule has 0 amide bonds. The molecule has 2 unspecified atom stereocenters. The maximum absolute atomic E-state index is 3.92. The molecule has 0 nitrogen and oxygen atoms in total. The molecular formula is C9H12. The van der Waals surface area contributed by atoms with Gasteiger partial charge in [-0.1, -0.05) is 12.5 Å². The molecule has 0 N–H and O–H groups in total. The number of rotatable bonds is 1. The van der Waals surface area contributed by atoms with Gasteiger partial charge in [0.15, 0.2) is 0 Å². The molecule has 0 heterocycles. The summed E-state index contributed by atoms with van der Waals surface area (Å²) in [6.07, 6.45) is 6.76. The van der Waals surface area contributed by atoms with Crippen molar-refractivity contribution >= 4 is 0 Å². The second kappa shape index (κ2) is 1.00. The molecule has 0 aromatic carbocycles. The van der Waals surface area contributed by atoms with Gasteiger partial charge in [-0.2, -0.15) is 0 Å². The monoisotopic (exact) mass is 120 g/mol. The van der Waals surface area contributed by atoms with Crippen molar-refractivity contribution in [2.75, 3.05) is 0 Å². The predicted octanol–water partition coefficient (Wildman–Crippen LogP) is 2.22. The maximum Gasteiger partial charge on any atom is -0.00242 e. The molecule has 0 heteroatoms. The summed E-state index contributed by atoms with van der Waals surface area (Å²) in [5.74, 6) is 3.34. The van der Waals surface area contributed by atoms with Crippen molar-refractivity contribution in [3.05, 3.63) is 12.7 Å². The van der Waals surface area contributed by atoms with Crippen LogP contribution in [0.3, 0.4) is 0 Å². The Labute approximate surface area is 56.0 Å². The first-order valence-corrected chi connectivity index (χ1v) is 4.05. The quantitative estimate of drug-likeness (QED) is 0.465. The zero-order valence-electron chi connectivity index (χ0n) is 5.64. The lowest BCUT2D eigenvalue weighted by molar-refractivity contribution is 0.302. The van der Waals surface area contributed by atoms with E-state index < -0.39 is 0 Å². The summed E-state index contributed by atoms with van der Waals surface area (Å²) in [5, 5.41) is 0. The van der Waals surface area contributed by atoms with E-state index >= 15 is 0 Å². The van der Waals surface area contributed by atoms with Gasteiger partial charge in [-0.3, -0.25) is 0 Å². The number of hydrogen-bond donors (Lipinski definition) is 0. The topological polar surface area (TPSA) is 0 Å². The van der Waals surface area contributed by atoms with Crippen LogP contribution in [0.2, 0.25) is 0 Å². The van der Waals surface area contributed by atoms with Crippen LogP contribution >= 0.6 is 0 Å². The lowest BCUT2D eigenvalue weighted by atomic mass is 9.83. The highest BCUT2D eigenvalue weighted by molar-refractivity contribution is 5.38. The fourth-order valence-electron chi connectivity index (χ4n) is 3.36. The zero-order valence-corrected chi connectivity index (χ0v) is 5.64. The van der Waals surface area contributed by atoms with Crippen molar-refractivity contribution in [1.29, 1.82) is 0 Å². The van der Waals surface area contributed by atoms with Gasteiger partial charge in [0.1, 0.15) is 0 Å². The predicted molar refractivity (Wildman–Crippen MR) is 37.0 cm³/mol. The minimum Gasteiger partial charge on any atom is -0.102 e. The van der Waals surface area contributed by atoms with E-state index in [1.54, 1.807) is 0 Å². The Hall–Kier alpha value is -0.260. The molecule has 0 spiro atoms. The number of fused-ring (bicyclic) bond motifs is 2. The van der Waals surface area contributed by atoms with Gasteiger partial charge in [0, 0.05) is 0 Å². The Kier molecular flexibility index (Phi) is 0.505. The van der Waals surface area contributed by atoms with Crippen LogP contribution in [0, 0.1) is 23.2 Å². The second-order valence-corrected chi connectivity index (χ2v) is 3.87. The number of hydrogen-bond acceptors (Lipinski definition) is 0. The Bertz CT molecular complexity index is 159. The first-order chi connectivity index (χ1) is 4.41. The summed E-state index contributed by atoms with van der Waals surface area (Å²) in [5.41, 5.74) is 0.734. The molecule has 3 fully saturated rings. The summed E-state index contributed by atoms with van der Waals surface area (Å²) in [4.78, 5) is 0. The van der Waals surface area contributed by atoms with Crippen LogP contribution < -0.4 is 0 Å². The van der Waals surface area contributed by atoms with E-state index in [1.807, 2.05) is 0 Å². The van der Waals surface area contributed by atoms with E-state index in [2.05, 4.69) is 12.7 Å². The molecule has 3 saturated carbocycles. The third-order valence-electron chi connectivity index (χ3n) is 3.89. The number of allylic oxidation sites excluding steroid dienone is 1. The molecule has 3 rings (SSSR count). The standard InChI is InChI=1S/C9H12/c1-2-9-6-4-3-5-7(9)8(6)9/h2,6-8H,1,3-5H2/t6-,7+,8?,9?. The highest BCUT2D eigenvalue weighted by atomic mass is 14.9. The van der Waals surface area contributed by atoms with Crippen LogP contribution in [0.25, 0.3) is 0 Å². The molecule has 3 aliphatic rings. The fourth-order valence-corrected chi connectivity index (χ4v) is 3.36. The van der Waals surface area contributed by atoms with Gasteiger partial charge in [-0.25, -0.2) is 0 Å². The molecule has 48 valence electrons. The highest BCUT2D eigenvalue weighted by Gasteiger charge is 2.84. The average Bonchev–Trinajstić information content (AvgIpc) is 2.76. The minimum absolute atomic E-state index is 0.734. The molecule has 3 aliphatic carbocycles. The van der Waals surface area contributed by atoms with Crippen molar-refractivity contribution in [2.24, 2.45) is 23.2 Å². The van der Waals surface area contributed by atoms with Gasteiger partial charge in [0.05, 0.1) is 0 Å². The highest BCUT2D eigenvalue weighted by Crippen LogP contribution is 2.89. The van der Waals surface area contributed by atoms with E-state index in [4.69, 9.17) is 0 Å². The molecule has 9 heavy (non-hydrogen) atoms. The van der Waals surface area contributed by atoms with Gasteiger partial charge in [0.2, 0.25) is 0 Å². The van der Waals surface area contributed by atoms with Gasteiger partial charge < -0.3 is 0 Å². The van der Waals surface area contributed by atoms with Crippen LogP contribution in [-0.2, 0) is 0 Å².